The molecule has 3 heterocycles. The molecular weight excluding hydrogens is 420 g/mol. The van der Waals surface area contributed by atoms with Crippen molar-refractivity contribution in [3.63, 3.8) is 0 Å². The second kappa shape index (κ2) is 8.34. The summed E-state index contributed by atoms with van der Waals surface area (Å²) in [5, 5.41) is 0. The highest BCUT2D eigenvalue weighted by Crippen LogP contribution is 2.38. The third-order valence-corrected chi connectivity index (χ3v) is 5.84. The van der Waals surface area contributed by atoms with E-state index in [4.69, 9.17) is 15.2 Å². The van der Waals surface area contributed by atoms with Gasteiger partial charge in [-0.3, -0.25) is 4.79 Å². The second-order valence-electron chi connectivity index (χ2n) is 7.77. The molecule has 33 heavy (non-hydrogen) atoms. The van der Waals surface area contributed by atoms with Gasteiger partial charge in [0.25, 0.3) is 0 Å². The Hall–Kier alpha value is -4.27. The zero-order chi connectivity index (χ0) is 22.9. The van der Waals surface area contributed by atoms with E-state index in [9.17, 15) is 4.79 Å². The van der Waals surface area contributed by atoms with E-state index < -0.39 is 6.04 Å². The Morgan fingerprint density at radius 2 is 1.88 bits per heavy atom. The number of aromatic amines is 1. The number of para-hydroxylation sites is 2. The van der Waals surface area contributed by atoms with Crippen LogP contribution in [0.3, 0.4) is 0 Å². The summed E-state index contributed by atoms with van der Waals surface area (Å²) in [7, 11) is 3.17. The molecule has 9 nitrogen and oxygen atoms in total. The number of fused-ring (bicyclic) bond motifs is 1. The maximum atomic E-state index is 13.7. The van der Waals surface area contributed by atoms with Gasteiger partial charge >= 0.3 is 0 Å². The van der Waals surface area contributed by atoms with Crippen LogP contribution in [-0.4, -0.2) is 45.6 Å². The number of Topliss-reactive ketones (excluding diaryl/α,β-unsaturated/α-hetero) is 1. The summed E-state index contributed by atoms with van der Waals surface area (Å²) in [5.41, 5.74) is 9.35. The lowest BCUT2D eigenvalue weighted by Gasteiger charge is -2.27. The number of ether oxygens (including phenoxy) is 2. The Morgan fingerprint density at radius 1 is 1.12 bits per heavy atom. The molecule has 168 valence electrons. The predicted octanol–water partition coefficient (Wildman–Crippen LogP) is 2.95. The first-order chi connectivity index (χ1) is 16.1. The van der Waals surface area contributed by atoms with Gasteiger partial charge in [-0.1, -0.05) is 12.1 Å². The van der Waals surface area contributed by atoms with Crippen LogP contribution in [0.25, 0.3) is 16.6 Å². The third kappa shape index (κ3) is 3.67. The number of carbonyl (C=O) groups is 1. The van der Waals surface area contributed by atoms with Gasteiger partial charge in [0.15, 0.2) is 5.78 Å². The smallest absolute Gasteiger partial charge is 0.193 e. The lowest BCUT2D eigenvalue weighted by molar-refractivity contribution is -0.114. The second-order valence-corrected chi connectivity index (χ2v) is 7.77. The summed E-state index contributed by atoms with van der Waals surface area (Å²) in [6.07, 6.45) is 5.84. The number of nitrogens with one attached hydrogen (secondary N) is 1. The molecule has 1 atom stereocenters. The van der Waals surface area contributed by atoms with E-state index in [1.165, 1.54) is 0 Å². The average Bonchev–Trinajstić information content (AvgIpc) is 3.55. The number of nitrogens with zero attached hydrogens (tertiary/aromatic N) is 4. The number of nitrogens with two attached hydrogens (primary N) is 1. The molecule has 0 saturated carbocycles. The summed E-state index contributed by atoms with van der Waals surface area (Å²) in [4.78, 5) is 27.5. The average molecular weight is 444 g/mol. The van der Waals surface area contributed by atoms with Crippen molar-refractivity contribution in [2.75, 3.05) is 19.1 Å². The lowest BCUT2D eigenvalue weighted by Crippen LogP contribution is -2.37. The van der Waals surface area contributed by atoms with Gasteiger partial charge in [0.1, 0.15) is 34.8 Å². The number of aromatic nitrogens is 4. The van der Waals surface area contributed by atoms with Crippen LogP contribution in [0.15, 0.2) is 67.0 Å². The number of imidazole rings is 2. The van der Waals surface area contributed by atoms with Crippen LogP contribution in [-0.2, 0) is 11.3 Å². The van der Waals surface area contributed by atoms with Crippen molar-refractivity contribution in [3.8, 4) is 11.5 Å². The number of carbonyl (C=O) groups excluding carboxylic acids is 1. The highest BCUT2D eigenvalue weighted by Gasteiger charge is 2.41. The molecule has 5 rings (SSSR count). The van der Waals surface area contributed by atoms with Crippen molar-refractivity contribution < 1.29 is 14.3 Å². The normalized spacial score (nSPS) is 16.1. The third-order valence-electron chi connectivity index (χ3n) is 5.84. The van der Waals surface area contributed by atoms with Crippen molar-refractivity contribution in [1.29, 1.82) is 0 Å². The molecule has 1 unspecified atom stereocenters. The molecule has 0 fully saturated rings. The SMILES string of the molecule is COc1cc(OC)cc(N2C(N)=C(c3nc4ccccc4[nH]3)C(=O)C2CCn2ccnc2)c1. The van der Waals surface area contributed by atoms with Gasteiger partial charge in [-0.15, -0.1) is 0 Å². The monoisotopic (exact) mass is 444 g/mol. The van der Waals surface area contributed by atoms with E-state index in [0.717, 1.165) is 11.0 Å². The number of benzene rings is 2. The van der Waals surface area contributed by atoms with Crippen molar-refractivity contribution in [2.45, 2.75) is 19.0 Å². The van der Waals surface area contributed by atoms with Crippen LogP contribution in [0.1, 0.15) is 12.2 Å². The number of anilines is 1. The molecule has 2 aromatic carbocycles. The van der Waals surface area contributed by atoms with Crippen molar-refractivity contribution in [2.24, 2.45) is 5.73 Å². The minimum Gasteiger partial charge on any atom is -0.497 e. The summed E-state index contributed by atoms with van der Waals surface area (Å²) >= 11 is 0. The maximum absolute atomic E-state index is 13.7. The zero-order valence-electron chi connectivity index (χ0n) is 18.4. The molecule has 0 radical (unpaired) electrons. The highest BCUT2D eigenvalue weighted by molar-refractivity contribution is 6.27. The van der Waals surface area contributed by atoms with E-state index in [1.54, 1.807) is 32.8 Å². The fourth-order valence-corrected chi connectivity index (χ4v) is 4.21. The Labute approximate surface area is 190 Å². The minimum atomic E-state index is -0.521. The van der Waals surface area contributed by atoms with Crippen LogP contribution in [0.5, 0.6) is 11.5 Å². The number of H-pyrrole nitrogens is 1. The number of ketones is 1. The molecule has 0 saturated heterocycles. The van der Waals surface area contributed by atoms with Gasteiger partial charge in [0, 0.05) is 37.1 Å². The van der Waals surface area contributed by atoms with E-state index in [0.29, 0.717) is 47.4 Å². The van der Waals surface area contributed by atoms with Crippen LogP contribution in [0.2, 0.25) is 0 Å². The summed E-state index contributed by atoms with van der Waals surface area (Å²) < 4.78 is 12.8. The number of aryl methyl sites for hydroxylation is 1. The topological polar surface area (TPSA) is 111 Å². The molecule has 9 heteroatoms. The number of hydrogen-bond acceptors (Lipinski definition) is 7. The Kier molecular flexibility index (Phi) is 5.21. The largest absolute Gasteiger partial charge is 0.497 e. The van der Waals surface area contributed by atoms with E-state index in [2.05, 4.69) is 15.0 Å². The standard InChI is InChI=1S/C24H24N6O3/c1-32-16-11-15(12-17(13-16)33-2)30-20(7-9-29-10-8-26-14-29)22(31)21(23(30)25)24-27-18-5-3-4-6-19(18)28-24/h3-6,8,10-14,20H,7,9,25H2,1-2H3,(H,27,28). The summed E-state index contributed by atoms with van der Waals surface area (Å²) in [6, 6.07) is 12.6. The molecule has 0 aliphatic carbocycles. The van der Waals surface area contributed by atoms with Crippen molar-refractivity contribution >= 4 is 28.1 Å². The maximum Gasteiger partial charge on any atom is 0.193 e. The first-order valence-corrected chi connectivity index (χ1v) is 10.6. The molecule has 4 aromatic rings. The van der Waals surface area contributed by atoms with E-state index in [-0.39, 0.29) is 5.78 Å². The summed E-state index contributed by atoms with van der Waals surface area (Å²) in [5.74, 6) is 1.92. The Bertz CT molecular complexity index is 1290. The van der Waals surface area contributed by atoms with Crippen LogP contribution < -0.4 is 20.1 Å². The van der Waals surface area contributed by atoms with Gasteiger partial charge in [0.05, 0.1) is 37.3 Å². The number of methoxy groups -OCH3 is 2. The molecule has 3 N–H and O–H groups in total. The lowest BCUT2D eigenvalue weighted by atomic mass is 10.0. The zero-order valence-corrected chi connectivity index (χ0v) is 18.4. The first-order valence-electron chi connectivity index (χ1n) is 10.6. The number of hydrogen-bond donors (Lipinski definition) is 2. The van der Waals surface area contributed by atoms with Gasteiger partial charge < -0.3 is 29.7 Å². The van der Waals surface area contributed by atoms with Crippen LogP contribution in [0.4, 0.5) is 5.69 Å². The van der Waals surface area contributed by atoms with E-state index in [1.807, 2.05) is 52.1 Å². The van der Waals surface area contributed by atoms with E-state index >= 15 is 0 Å². The highest BCUT2D eigenvalue weighted by atomic mass is 16.5. The van der Waals surface area contributed by atoms with Gasteiger partial charge in [-0.2, -0.15) is 0 Å². The van der Waals surface area contributed by atoms with Crippen molar-refractivity contribution in [1.82, 2.24) is 19.5 Å². The molecule has 0 bridgehead atoms. The molecule has 1 aliphatic rings. The molecular formula is C24H24N6O3. The van der Waals surface area contributed by atoms with Crippen LogP contribution in [0, 0.1) is 0 Å². The molecule has 1 aliphatic heterocycles. The Morgan fingerprint density at radius 3 is 2.55 bits per heavy atom. The minimum absolute atomic E-state index is 0.0894. The van der Waals surface area contributed by atoms with Gasteiger partial charge in [0.2, 0.25) is 0 Å². The quantitative estimate of drug-likeness (QED) is 0.451. The molecule has 0 spiro atoms. The van der Waals surface area contributed by atoms with Crippen LogP contribution >= 0.6 is 0 Å². The predicted molar refractivity (Wildman–Crippen MR) is 125 cm³/mol. The van der Waals surface area contributed by atoms with Crippen molar-refractivity contribution in [3.05, 3.63) is 72.8 Å². The summed E-state index contributed by atoms with van der Waals surface area (Å²) in [6.45, 7) is 0.606. The number of rotatable bonds is 7. The Balaban J connectivity index is 1.60. The molecule has 2 aromatic heterocycles. The van der Waals surface area contributed by atoms with Gasteiger partial charge in [-0.25, -0.2) is 9.97 Å². The van der Waals surface area contributed by atoms with Gasteiger partial charge in [-0.05, 0) is 18.6 Å². The fourth-order valence-electron chi connectivity index (χ4n) is 4.21. The fraction of sp³-hybridized carbons (Fsp3) is 0.208. The first kappa shape index (κ1) is 20.6. The molecule has 0 amide bonds.